The van der Waals surface area contributed by atoms with E-state index in [9.17, 15) is 18.7 Å². The van der Waals surface area contributed by atoms with Crippen molar-refractivity contribution in [2.75, 3.05) is 6.61 Å². The van der Waals surface area contributed by atoms with Gasteiger partial charge >= 0.3 is 5.97 Å². The number of nitrogens with zero attached hydrogens (tertiary/aromatic N) is 2. The molecule has 130 valence electrons. The summed E-state index contributed by atoms with van der Waals surface area (Å²) in [5.74, 6) is 0.0693. The van der Waals surface area contributed by atoms with Gasteiger partial charge in [0, 0.05) is 19.8 Å². The second kappa shape index (κ2) is 7.87. The van der Waals surface area contributed by atoms with Gasteiger partial charge in [0.1, 0.15) is 24.2 Å². The average Bonchev–Trinajstić information content (AvgIpc) is 2.86. The van der Waals surface area contributed by atoms with Crippen molar-refractivity contribution in [1.29, 1.82) is 0 Å². The Hall–Kier alpha value is -2.48. The van der Waals surface area contributed by atoms with Gasteiger partial charge in [-0.1, -0.05) is 12.1 Å². The Labute approximate surface area is 138 Å². The number of alkyl halides is 2. The topological polar surface area (TPSA) is 76.4 Å². The van der Waals surface area contributed by atoms with Crippen molar-refractivity contribution in [3.63, 3.8) is 0 Å². The molecule has 1 atom stereocenters. The van der Waals surface area contributed by atoms with E-state index in [1.54, 1.807) is 18.3 Å². The summed E-state index contributed by atoms with van der Waals surface area (Å²) >= 11 is 0. The standard InChI is InChI=1S/C16H19F2N3O3/c1-10-19-7-12(21(10)2)8-20-15(16(22)23)11-3-5-13(6-4-11)24-9-14(17)18/h3-7,14-15,20H,8-9H2,1-2H3,(H,22,23). The third kappa shape index (κ3) is 4.51. The number of aryl methyl sites for hydroxylation is 1. The van der Waals surface area contributed by atoms with Gasteiger partial charge in [-0.05, 0) is 24.6 Å². The number of ether oxygens (including phenoxy) is 1. The molecule has 0 saturated carbocycles. The zero-order chi connectivity index (χ0) is 17.7. The van der Waals surface area contributed by atoms with Crippen LogP contribution in [0.3, 0.4) is 0 Å². The van der Waals surface area contributed by atoms with E-state index in [4.69, 9.17) is 4.74 Å². The van der Waals surface area contributed by atoms with Crippen molar-refractivity contribution in [1.82, 2.24) is 14.9 Å². The number of rotatable bonds is 8. The molecular weight excluding hydrogens is 320 g/mol. The van der Waals surface area contributed by atoms with Gasteiger partial charge in [0.05, 0.1) is 5.69 Å². The van der Waals surface area contributed by atoms with Gasteiger partial charge in [-0.15, -0.1) is 0 Å². The van der Waals surface area contributed by atoms with Gasteiger partial charge in [-0.2, -0.15) is 0 Å². The van der Waals surface area contributed by atoms with Crippen LogP contribution < -0.4 is 10.1 Å². The largest absolute Gasteiger partial charge is 0.488 e. The molecule has 6 nitrogen and oxygen atoms in total. The molecule has 2 N–H and O–H groups in total. The highest BCUT2D eigenvalue weighted by molar-refractivity contribution is 5.75. The Balaban J connectivity index is 2.04. The SMILES string of the molecule is Cc1ncc(CNC(C(=O)O)c2ccc(OCC(F)F)cc2)n1C. The lowest BCUT2D eigenvalue weighted by atomic mass is 10.1. The molecule has 2 rings (SSSR count). The lowest BCUT2D eigenvalue weighted by Gasteiger charge is -2.16. The van der Waals surface area contributed by atoms with Gasteiger partial charge in [0.25, 0.3) is 6.43 Å². The molecule has 24 heavy (non-hydrogen) atoms. The molecule has 0 amide bonds. The number of nitrogens with one attached hydrogen (secondary N) is 1. The van der Waals surface area contributed by atoms with Crippen LogP contribution in [-0.4, -0.2) is 33.7 Å². The Morgan fingerprint density at radius 1 is 1.38 bits per heavy atom. The van der Waals surface area contributed by atoms with Crippen LogP contribution in [0.1, 0.15) is 23.1 Å². The zero-order valence-electron chi connectivity index (χ0n) is 13.4. The Bertz CT molecular complexity index is 686. The number of carbonyl (C=O) groups is 1. The van der Waals surface area contributed by atoms with Crippen LogP contribution in [0.15, 0.2) is 30.5 Å². The molecule has 0 aliphatic carbocycles. The molecule has 0 fully saturated rings. The highest BCUT2D eigenvalue weighted by Gasteiger charge is 2.20. The summed E-state index contributed by atoms with van der Waals surface area (Å²) in [6, 6.07) is 5.11. The van der Waals surface area contributed by atoms with E-state index >= 15 is 0 Å². The first kappa shape index (κ1) is 17.9. The molecule has 0 saturated heterocycles. The van der Waals surface area contributed by atoms with Crippen LogP contribution in [0.5, 0.6) is 5.75 Å². The third-order valence-electron chi connectivity index (χ3n) is 3.64. The number of benzene rings is 1. The first-order valence-electron chi connectivity index (χ1n) is 7.32. The van der Waals surface area contributed by atoms with Crippen molar-refractivity contribution in [2.24, 2.45) is 7.05 Å². The second-order valence-electron chi connectivity index (χ2n) is 5.28. The van der Waals surface area contributed by atoms with Crippen molar-refractivity contribution >= 4 is 5.97 Å². The maximum atomic E-state index is 12.1. The molecular formula is C16H19F2N3O3. The highest BCUT2D eigenvalue weighted by Crippen LogP contribution is 2.19. The molecule has 2 aromatic rings. The predicted molar refractivity (Wildman–Crippen MR) is 83.1 cm³/mol. The summed E-state index contributed by atoms with van der Waals surface area (Å²) in [5.41, 5.74) is 1.36. The Morgan fingerprint density at radius 2 is 2.04 bits per heavy atom. The van der Waals surface area contributed by atoms with E-state index in [1.807, 2.05) is 18.5 Å². The number of carboxylic acid groups (broad SMARTS) is 1. The average molecular weight is 339 g/mol. The highest BCUT2D eigenvalue weighted by atomic mass is 19.3. The number of aromatic nitrogens is 2. The van der Waals surface area contributed by atoms with Gasteiger partial charge < -0.3 is 14.4 Å². The zero-order valence-corrected chi connectivity index (χ0v) is 13.4. The summed E-state index contributed by atoms with van der Waals surface area (Å²) in [5, 5.41) is 12.4. The summed E-state index contributed by atoms with van der Waals surface area (Å²) in [4.78, 5) is 15.7. The van der Waals surface area contributed by atoms with Crippen LogP contribution in [0.25, 0.3) is 0 Å². The summed E-state index contributed by atoms with van der Waals surface area (Å²) in [6.07, 6.45) is -0.872. The van der Waals surface area contributed by atoms with E-state index in [0.717, 1.165) is 11.5 Å². The fraction of sp³-hybridized carbons (Fsp3) is 0.375. The van der Waals surface area contributed by atoms with E-state index in [0.29, 0.717) is 12.1 Å². The van der Waals surface area contributed by atoms with E-state index < -0.39 is 25.0 Å². The number of hydrogen-bond donors (Lipinski definition) is 2. The van der Waals surface area contributed by atoms with Crippen molar-refractivity contribution in [2.45, 2.75) is 25.9 Å². The minimum atomic E-state index is -2.56. The maximum absolute atomic E-state index is 12.1. The fourth-order valence-electron chi connectivity index (χ4n) is 2.18. The Kier molecular flexibility index (Phi) is 5.86. The lowest BCUT2D eigenvalue weighted by molar-refractivity contribution is -0.139. The van der Waals surface area contributed by atoms with Crippen LogP contribution >= 0.6 is 0 Å². The maximum Gasteiger partial charge on any atom is 0.325 e. The number of aliphatic carboxylic acids is 1. The third-order valence-corrected chi connectivity index (χ3v) is 3.64. The molecule has 0 radical (unpaired) electrons. The van der Waals surface area contributed by atoms with Crippen LogP contribution in [0, 0.1) is 6.92 Å². The van der Waals surface area contributed by atoms with Crippen molar-refractivity contribution in [3.8, 4) is 5.75 Å². The molecule has 0 spiro atoms. The van der Waals surface area contributed by atoms with E-state index in [1.165, 1.54) is 12.1 Å². The molecule has 8 heteroatoms. The predicted octanol–water partition coefficient (Wildman–Crippen LogP) is 2.29. The number of carboxylic acids is 1. The Morgan fingerprint density at radius 3 is 2.54 bits per heavy atom. The summed E-state index contributed by atoms with van der Waals surface area (Å²) in [7, 11) is 1.85. The number of imidazole rings is 1. The molecule has 1 heterocycles. The molecule has 1 aromatic heterocycles. The van der Waals surface area contributed by atoms with Gasteiger partial charge in [-0.3, -0.25) is 10.1 Å². The molecule has 1 aromatic carbocycles. The quantitative estimate of drug-likeness (QED) is 0.772. The molecule has 0 aliphatic rings. The van der Waals surface area contributed by atoms with Crippen molar-refractivity contribution in [3.05, 3.63) is 47.5 Å². The van der Waals surface area contributed by atoms with Crippen LogP contribution in [0.4, 0.5) is 8.78 Å². The van der Waals surface area contributed by atoms with Crippen LogP contribution in [-0.2, 0) is 18.4 Å². The van der Waals surface area contributed by atoms with Gasteiger partial charge in [-0.25, -0.2) is 13.8 Å². The van der Waals surface area contributed by atoms with Gasteiger partial charge in [0.2, 0.25) is 0 Å². The van der Waals surface area contributed by atoms with Crippen molar-refractivity contribution < 1.29 is 23.4 Å². The monoisotopic (exact) mass is 339 g/mol. The van der Waals surface area contributed by atoms with E-state index in [2.05, 4.69) is 10.3 Å². The molecule has 0 bridgehead atoms. The summed E-state index contributed by atoms with van der Waals surface area (Å²) < 4.78 is 31.0. The first-order chi connectivity index (χ1) is 11.4. The van der Waals surface area contributed by atoms with Crippen LogP contribution in [0.2, 0.25) is 0 Å². The van der Waals surface area contributed by atoms with E-state index in [-0.39, 0.29) is 5.75 Å². The molecule has 1 unspecified atom stereocenters. The lowest BCUT2D eigenvalue weighted by Crippen LogP contribution is -2.28. The fourth-order valence-corrected chi connectivity index (χ4v) is 2.18. The number of hydrogen-bond acceptors (Lipinski definition) is 4. The van der Waals surface area contributed by atoms with Gasteiger partial charge in [0.15, 0.2) is 0 Å². The second-order valence-corrected chi connectivity index (χ2v) is 5.28. The summed E-state index contributed by atoms with van der Waals surface area (Å²) in [6.45, 7) is 1.49. The minimum Gasteiger partial charge on any atom is -0.488 e. The molecule has 0 aliphatic heterocycles. The first-order valence-corrected chi connectivity index (χ1v) is 7.32. The smallest absolute Gasteiger partial charge is 0.325 e. The normalized spacial score (nSPS) is 12.4. The minimum absolute atomic E-state index is 0.269. The number of halogens is 2.